The van der Waals surface area contributed by atoms with Gasteiger partial charge in [0.05, 0.1) is 18.4 Å². The number of pyridine rings is 1. The van der Waals surface area contributed by atoms with Crippen molar-refractivity contribution < 1.29 is 22.7 Å². The molecule has 2 aromatic rings. The van der Waals surface area contributed by atoms with Gasteiger partial charge >= 0.3 is 12.1 Å². The van der Waals surface area contributed by atoms with Crippen LogP contribution in [0.4, 0.5) is 24.7 Å². The molecule has 0 saturated carbocycles. The third kappa shape index (κ3) is 4.06. The largest absolute Gasteiger partial charge is 0.465 e. The summed E-state index contributed by atoms with van der Waals surface area (Å²) in [4.78, 5) is 19.3. The summed E-state index contributed by atoms with van der Waals surface area (Å²) in [6.45, 7) is 0. The molecular weight excluding hydrogens is 375 g/mol. The SMILES string of the molecule is COC(=O)c1sc(SC)nc1Nc1cc(Cl)ncc1C(F)(F)F. The second-order valence-electron chi connectivity index (χ2n) is 4.03. The van der Waals surface area contributed by atoms with Gasteiger partial charge in [-0.1, -0.05) is 34.7 Å². The minimum atomic E-state index is -4.64. The van der Waals surface area contributed by atoms with Crippen LogP contribution in [0.25, 0.3) is 0 Å². The van der Waals surface area contributed by atoms with Crippen LogP contribution in [0.5, 0.6) is 0 Å². The number of halogens is 4. The number of thioether (sulfide) groups is 1. The summed E-state index contributed by atoms with van der Waals surface area (Å²) >= 11 is 7.93. The van der Waals surface area contributed by atoms with E-state index < -0.39 is 17.7 Å². The molecule has 124 valence electrons. The first-order chi connectivity index (χ1) is 10.8. The summed E-state index contributed by atoms with van der Waals surface area (Å²) in [5.74, 6) is -0.724. The van der Waals surface area contributed by atoms with Gasteiger partial charge in [-0.3, -0.25) is 0 Å². The summed E-state index contributed by atoms with van der Waals surface area (Å²) in [6.07, 6.45) is -2.29. The van der Waals surface area contributed by atoms with Crippen molar-refractivity contribution in [3.63, 3.8) is 0 Å². The maximum absolute atomic E-state index is 13.0. The van der Waals surface area contributed by atoms with Crippen molar-refractivity contribution in [1.82, 2.24) is 9.97 Å². The van der Waals surface area contributed by atoms with Crippen molar-refractivity contribution in [3.8, 4) is 0 Å². The average molecular weight is 384 g/mol. The van der Waals surface area contributed by atoms with Crippen LogP contribution in [-0.2, 0) is 10.9 Å². The van der Waals surface area contributed by atoms with Crippen molar-refractivity contribution in [2.45, 2.75) is 10.5 Å². The number of thiazole rings is 1. The van der Waals surface area contributed by atoms with Crippen molar-refractivity contribution in [3.05, 3.63) is 27.9 Å². The maximum Gasteiger partial charge on any atom is 0.419 e. The number of carbonyl (C=O) groups excluding carboxylic acids is 1. The monoisotopic (exact) mass is 383 g/mol. The van der Waals surface area contributed by atoms with Gasteiger partial charge in [0.1, 0.15) is 5.15 Å². The highest BCUT2D eigenvalue weighted by molar-refractivity contribution is 8.00. The quantitative estimate of drug-likeness (QED) is 0.477. The number of ether oxygens (including phenoxy) is 1. The van der Waals surface area contributed by atoms with Crippen LogP contribution in [0.2, 0.25) is 5.15 Å². The van der Waals surface area contributed by atoms with Crippen LogP contribution in [-0.4, -0.2) is 29.3 Å². The van der Waals surface area contributed by atoms with Gasteiger partial charge in [0.25, 0.3) is 0 Å². The van der Waals surface area contributed by atoms with Crippen LogP contribution < -0.4 is 5.32 Å². The van der Waals surface area contributed by atoms with Gasteiger partial charge in [-0.2, -0.15) is 13.2 Å². The average Bonchev–Trinajstić information content (AvgIpc) is 2.88. The highest BCUT2D eigenvalue weighted by Gasteiger charge is 2.35. The number of alkyl halides is 3. The first-order valence-corrected chi connectivity index (χ1v) is 8.31. The highest BCUT2D eigenvalue weighted by atomic mass is 35.5. The lowest BCUT2D eigenvalue weighted by molar-refractivity contribution is -0.137. The Labute approximate surface area is 142 Å². The van der Waals surface area contributed by atoms with Gasteiger partial charge in [0, 0.05) is 6.20 Å². The number of nitrogens with one attached hydrogen (secondary N) is 1. The summed E-state index contributed by atoms with van der Waals surface area (Å²) < 4.78 is 44.2. The molecule has 1 N–H and O–H groups in total. The zero-order valence-electron chi connectivity index (χ0n) is 11.7. The Kier molecular flexibility index (Phi) is 5.37. The van der Waals surface area contributed by atoms with E-state index in [1.807, 2.05) is 0 Å². The first kappa shape index (κ1) is 17.8. The standard InChI is InChI=1S/C12H9ClF3N3O2S2/c1-21-10(20)8-9(19-11(22-2)23-8)18-6-3-7(13)17-4-5(6)12(14,15)16/h3-4H,1-2H3,(H,17,18). The van der Waals surface area contributed by atoms with E-state index in [0.29, 0.717) is 10.5 Å². The number of hydrogen-bond donors (Lipinski definition) is 1. The van der Waals surface area contributed by atoms with Gasteiger partial charge in [0.2, 0.25) is 0 Å². The fraction of sp³-hybridized carbons (Fsp3) is 0.250. The lowest BCUT2D eigenvalue weighted by atomic mass is 10.2. The van der Waals surface area contributed by atoms with Crippen molar-refractivity contribution in [2.24, 2.45) is 0 Å². The number of hydrogen-bond acceptors (Lipinski definition) is 7. The Hall–Kier alpha value is -1.52. The van der Waals surface area contributed by atoms with Crippen LogP contribution in [0.15, 0.2) is 16.6 Å². The van der Waals surface area contributed by atoms with E-state index in [1.165, 1.54) is 18.9 Å². The molecule has 0 saturated heterocycles. The fourth-order valence-corrected chi connectivity index (χ4v) is 3.19. The number of nitrogens with zero attached hydrogens (tertiary/aromatic N) is 2. The predicted molar refractivity (Wildman–Crippen MR) is 82.8 cm³/mol. The van der Waals surface area contributed by atoms with Gasteiger partial charge in [-0.15, -0.1) is 0 Å². The molecule has 0 spiro atoms. The lowest BCUT2D eigenvalue weighted by Crippen LogP contribution is -2.11. The first-order valence-electron chi connectivity index (χ1n) is 5.89. The Morgan fingerprint density at radius 2 is 2.17 bits per heavy atom. The smallest absolute Gasteiger partial charge is 0.419 e. The molecule has 23 heavy (non-hydrogen) atoms. The molecule has 0 bridgehead atoms. The van der Waals surface area contributed by atoms with Gasteiger partial charge in [-0.25, -0.2) is 14.8 Å². The second-order valence-corrected chi connectivity index (χ2v) is 6.47. The summed E-state index contributed by atoms with van der Waals surface area (Å²) in [7, 11) is 1.18. The number of rotatable bonds is 4. The van der Waals surface area contributed by atoms with Crippen molar-refractivity contribution >= 4 is 52.2 Å². The molecule has 0 aliphatic carbocycles. The molecule has 0 radical (unpaired) electrons. The molecule has 0 aliphatic heterocycles. The third-order valence-electron chi connectivity index (χ3n) is 2.58. The number of methoxy groups -OCH3 is 1. The zero-order chi connectivity index (χ0) is 17.2. The minimum Gasteiger partial charge on any atom is -0.465 e. The number of aromatic nitrogens is 2. The topological polar surface area (TPSA) is 64.1 Å². The van der Waals surface area contributed by atoms with Crippen molar-refractivity contribution in [1.29, 1.82) is 0 Å². The number of carbonyl (C=O) groups is 1. The minimum absolute atomic E-state index is 0.0287. The summed E-state index contributed by atoms with van der Waals surface area (Å²) in [5, 5.41) is 2.37. The van der Waals surface area contributed by atoms with E-state index in [4.69, 9.17) is 11.6 Å². The van der Waals surface area contributed by atoms with Crippen LogP contribution >= 0.6 is 34.7 Å². The maximum atomic E-state index is 13.0. The van der Waals surface area contributed by atoms with Crippen LogP contribution in [0.1, 0.15) is 15.2 Å². The molecule has 0 aliphatic rings. The zero-order valence-corrected chi connectivity index (χ0v) is 14.1. The van der Waals surface area contributed by atoms with Gasteiger partial charge < -0.3 is 10.1 Å². The van der Waals surface area contributed by atoms with E-state index in [9.17, 15) is 18.0 Å². The molecule has 5 nitrogen and oxygen atoms in total. The molecule has 0 fully saturated rings. The van der Waals surface area contributed by atoms with E-state index in [1.54, 1.807) is 6.26 Å². The van der Waals surface area contributed by atoms with E-state index in [0.717, 1.165) is 17.4 Å². The summed E-state index contributed by atoms with van der Waals surface area (Å²) in [6, 6.07) is 1.02. The normalized spacial score (nSPS) is 11.4. The van der Waals surface area contributed by atoms with E-state index in [-0.39, 0.29) is 21.5 Å². The van der Waals surface area contributed by atoms with Crippen LogP contribution in [0, 0.1) is 0 Å². The molecule has 2 heterocycles. The third-order valence-corrected chi connectivity index (χ3v) is 4.81. The Morgan fingerprint density at radius 3 is 2.74 bits per heavy atom. The summed E-state index contributed by atoms with van der Waals surface area (Å²) in [5.41, 5.74) is -1.36. The number of esters is 1. The molecule has 0 aromatic carbocycles. The Morgan fingerprint density at radius 1 is 1.48 bits per heavy atom. The second kappa shape index (κ2) is 6.93. The lowest BCUT2D eigenvalue weighted by Gasteiger charge is -2.13. The number of anilines is 2. The Bertz CT molecular complexity index is 737. The predicted octanol–water partition coefficient (Wildman–Crippen LogP) is 4.46. The molecule has 2 aromatic heterocycles. The molecule has 0 amide bonds. The van der Waals surface area contributed by atoms with Crippen LogP contribution in [0.3, 0.4) is 0 Å². The molecule has 2 rings (SSSR count). The Balaban J connectivity index is 2.49. The molecular formula is C12H9ClF3N3O2S2. The molecule has 11 heteroatoms. The van der Waals surface area contributed by atoms with Crippen molar-refractivity contribution in [2.75, 3.05) is 18.7 Å². The highest BCUT2D eigenvalue weighted by Crippen LogP contribution is 2.38. The fourth-order valence-electron chi connectivity index (χ4n) is 1.59. The van der Waals surface area contributed by atoms with Gasteiger partial charge in [0.15, 0.2) is 15.0 Å². The molecule has 0 atom stereocenters. The van der Waals surface area contributed by atoms with E-state index >= 15 is 0 Å². The van der Waals surface area contributed by atoms with Gasteiger partial charge in [-0.05, 0) is 12.3 Å². The van der Waals surface area contributed by atoms with E-state index in [2.05, 4.69) is 20.0 Å². The molecule has 0 unspecified atom stereocenters.